The number of barbiturate groups is 1. The molecule has 4 rings (SSSR count). The van der Waals surface area contributed by atoms with Gasteiger partial charge in [0.2, 0.25) is 0 Å². The SMILES string of the molecule is O=C1NC(=O)N(c2ccc(Br)cc2)C(=O)/C1=C\c1cccc(OCc2ccc(Cl)cc2)c1. The molecule has 8 heteroatoms. The number of imide groups is 2. The van der Waals surface area contributed by atoms with Crippen LogP contribution in [-0.2, 0) is 16.2 Å². The molecular formula is C24H16BrClN2O4. The number of ether oxygens (including phenoxy) is 1. The van der Waals surface area contributed by atoms with Gasteiger partial charge in [-0.15, -0.1) is 0 Å². The third-order valence-electron chi connectivity index (χ3n) is 4.67. The Kier molecular flexibility index (Phi) is 6.39. The summed E-state index contributed by atoms with van der Waals surface area (Å²) >= 11 is 9.21. The second-order valence-electron chi connectivity index (χ2n) is 6.92. The molecule has 160 valence electrons. The first-order valence-corrected chi connectivity index (χ1v) is 10.7. The molecule has 0 saturated carbocycles. The molecule has 4 amide bonds. The Balaban J connectivity index is 1.56. The number of rotatable bonds is 5. The number of nitrogens with zero attached hydrogens (tertiary/aromatic N) is 1. The summed E-state index contributed by atoms with van der Waals surface area (Å²) in [7, 11) is 0. The minimum absolute atomic E-state index is 0.151. The number of carbonyl (C=O) groups is 3. The van der Waals surface area contributed by atoms with Crippen molar-refractivity contribution in [2.45, 2.75) is 6.61 Å². The molecule has 1 saturated heterocycles. The molecule has 1 N–H and O–H groups in total. The molecule has 0 radical (unpaired) electrons. The number of carbonyl (C=O) groups excluding carboxylic acids is 3. The van der Waals surface area contributed by atoms with Crippen LogP contribution < -0.4 is 15.0 Å². The third-order valence-corrected chi connectivity index (χ3v) is 5.46. The molecule has 0 atom stereocenters. The predicted octanol–water partition coefficient (Wildman–Crippen LogP) is 5.35. The lowest BCUT2D eigenvalue weighted by atomic mass is 10.1. The van der Waals surface area contributed by atoms with Gasteiger partial charge in [0.25, 0.3) is 11.8 Å². The van der Waals surface area contributed by atoms with Crippen LogP contribution in [0.3, 0.4) is 0 Å². The number of nitrogens with one attached hydrogen (secondary N) is 1. The largest absolute Gasteiger partial charge is 0.489 e. The molecule has 0 bridgehead atoms. The molecule has 1 fully saturated rings. The van der Waals surface area contributed by atoms with Crippen molar-refractivity contribution in [3.8, 4) is 5.75 Å². The van der Waals surface area contributed by atoms with Gasteiger partial charge in [-0.25, -0.2) is 9.69 Å². The normalized spacial score (nSPS) is 15.1. The van der Waals surface area contributed by atoms with Gasteiger partial charge >= 0.3 is 6.03 Å². The number of amides is 4. The zero-order valence-corrected chi connectivity index (χ0v) is 18.9. The van der Waals surface area contributed by atoms with Crippen molar-refractivity contribution in [3.05, 3.63) is 99.0 Å². The lowest BCUT2D eigenvalue weighted by molar-refractivity contribution is -0.122. The van der Waals surface area contributed by atoms with Crippen molar-refractivity contribution in [1.82, 2.24) is 5.32 Å². The molecule has 0 aromatic heterocycles. The molecule has 32 heavy (non-hydrogen) atoms. The molecule has 0 unspecified atom stereocenters. The maximum absolute atomic E-state index is 13.0. The van der Waals surface area contributed by atoms with Crippen molar-refractivity contribution in [3.63, 3.8) is 0 Å². The average Bonchev–Trinajstić information content (AvgIpc) is 2.78. The zero-order valence-electron chi connectivity index (χ0n) is 16.5. The Morgan fingerprint density at radius 1 is 0.969 bits per heavy atom. The topological polar surface area (TPSA) is 75.7 Å². The minimum atomic E-state index is -0.792. The third kappa shape index (κ3) is 4.90. The van der Waals surface area contributed by atoms with E-state index in [0.29, 0.717) is 28.6 Å². The Morgan fingerprint density at radius 3 is 2.41 bits per heavy atom. The van der Waals surface area contributed by atoms with Crippen LogP contribution in [0.15, 0.2) is 82.8 Å². The Morgan fingerprint density at radius 2 is 1.69 bits per heavy atom. The van der Waals surface area contributed by atoms with E-state index in [1.807, 2.05) is 12.1 Å². The van der Waals surface area contributed by atoms with Crippen LogP contribution in [-0.4, -0.2) is 17.8 Å². The van der Waals surface area contributed by atoms with Crippen LogP contribution in [0.5, 0.6) is 5.75 Å². The number of halogens is 2. The summed E-state index contributed by atoms with van der Waals surface area (Å²) in [6, 6.07) is 20.1. The summed E-state index contributed by atoms with van der Waals surface area (Å²) in [5.74, 6) is -0.881. The van der Waals surface area contributed by atoms with E-state index < -0.39 is 17.8 Å². The van der Waals surface area contributed by atoms with Gasteiger partial charge in [-0.05, 0) is 65.7 Å². The van der Waals surface area contributed by atoms with Crippen molar-refractivity contribution in [2.75, 3.05) is 4.90 Å². The highest BCUT2D eigenvalue weighted by Gasteiger charge is 2.36. The smallest absolute Gasteiger partial charge is 0.335 e. The first kappa shape index (κ1) is 21.8. The van der Waals surface area contributed by atoms with Crippen molar-refractivity contribution >= 4 is 57.1 Å². The molecule has 0 spiro atoms. The Labute approximate surface area is 197 Å². The first-order chi connectivity index (χ1) is 15.4. The van der Waals surface area contributed by atoms with Gasteiger partial charge in [0.15, 0.2) is 0 Å². The van der Waals surface area contributed by atoms with Gasteiger partial charge in [0.1, 0.15) is 17.9 Å². The molecular weight excluding hydrogens is 496 g/mol. The van der Waals surface area contributed by atoms with E-state index in [1.54, 1.807) is 60.7 Å². The zero-order chi connectivity index (χ0) is 22.7. The fourth-order valence-corrected chi connectivity index (χ4v) is 3.48. The monoisotopic (exact) mass is 510 g/mol. The quantitative estimate of drug-likeness (QED) is 0.370. The Bertz CT molecular complexity index is 1220. The molecule has 3 aromatic rings. The van der Waals surface area contributed by atoms with Gasteiger partial charge in [-0.3, -0.25) is 14.9 Å². The number of anilines is 1. The number of hydrogen-bond donors (Lipinski definition) is 1. The maximum Gasteiger partial charge on any atom is 0.335 e. The van der Waals surface area contributed by atoms with Gasteiger partial charge < -0.3 is 4.74 Å². The minimum Gasteiger partial charge on any atom is -0.489 e. The lowest BCUT2D eigenvalue weighted by Crippen LogP contribution is -2.54. The summed E-state index contributed by atoms with van der Waals surface area (Å²) in [6.07, 6.45) is 1.44. The fourth-order valence-electron chi connectivity index (χ4n) is 3.09. The summed E-state index contributed by atoms with van der Waals surface area (Å²) in [4.78, 5) is 38.6. The number of hydrogen-bond acceptors (Lipinski definition) is 4. The van der Waals surface area contributed by atoms with Gasteiger partial charge in [0.05, 0.1) is 5.69 Å². The summed E-state index contributed by atoms with van der Waals surface area (Å²) < 4.78 is 6.61. The average molecular weight is 512 g/mol. The van der Waals surface area contributed by atoms with E-state index in [-0.39, 0.29) is 5.57 Å². The van der Waals surface area contributed by atoms with Gasteiger partial charge in [0, 0.05) is 9.50 Å². The van der Waals surface area contributed by atoms with Crippen LogP contribution in [0.1, 0.15) is 11.1 Å². The summed E-state index contributed by atoms with van der Waals surface area (Å²) in [5.41, 5.74) is 1.74. The Hall–Kier alpha value is -3.42. The molecule has 1 aliphatic heterocycles. The second-order valence-corrected chi connectivity index (χ2v) is 8.27. The second kappa shape index (κ2) is 9.38. The van der Waals surface area contributed by atoms with Gasteiger partial charge in [-0.2, -0.15) is 0 Å². The maximum atomic E-state index is 13.0. The highest BCUT2D eigenvalue weighted by Crippen LogP contribution is 2.25. The van der Waals surface area contributed by atoms with E-state index in [1.165, 1.54) is 6.08 Å². The standard InChI is InChI=1S/C24H16BrClN2O4/c25-17-6-10-19(11-7-17)28-23(30)21(22(29)27-24(28)31)13-16-2-1-3-20(12-16)32-14-15-4-8-18(26)9-5-15/h1-13H,14H2,(H,27,29,31)/b21-13-. The van der Waals surface area contributed by atoms with E-state index in [4.69, 9.17) is 16.3 Å². The molecule has 1 heterocycles. The van der Waals surface area contributed by atoms with Crippen molar-refractivity contribution in [1.29, 1.82) is 0 Å². The summed E-state index contributed by atoms with van der Waals surface area (Å²) in [5, 5.41) is 2.86. The summed E-state index contributed by atoms with van der Waals surface area (Å²) in [6.45, 7) is 0.336. The fraction of sp³-hybridized carbons (Fsp3) is 0.0417. The predicted molar refractivity (Wildman–Crippen MR) is 125 cm³/mol. The molecule has 0 aliphatic carbocycles. The lowest BCUT2D eigenvalue weighted by Gasteiger charge is -2.26. The van der Waals surface area contributed by atoms with Crippen LogP contribution in [0.2, 0.25) is 5.02 Å². The van der Waals surface area contributed by atoms with Crippen LogP contribution in [0.4, 0.5) is 10.5 Å². The van der Waals surface area contributed by atoms with Gasteiger partial charge in [-0.1, -0.05) is 51.8 Å². The van der Waals surface area contributed by atoms with Crippen molar-refractivity contribution < 1.29 is 19.1 Å². The molecule has 1 aliphatic rings. The van der Waals surface area contributed by atoms with E-state index in [2.05, 4.69) is 21.2 Å². The number of benzene rings is 3. The van der Waals surface area contributed by atoms with Crippen LogP contribution in [0.25, 0.3) is 6.08 Å². The van der Waals surface area contributed by atoms with Crippen LogP contribution >= 0.6 is 27.5 Å². The molecule has 3 aromatic carbocycles. The van der Waals surface area contributed by atoms with Crippen LogP contribution in [0, 0.1) is 0 Å². The van der Waals surface area contributed by atoms with Crippen molar-refractivity contribution in [2.24, 2.45) is 0 Å². The van der Waals surface area contributed by atoms with E-state index in [0.717, 1.165) is 14.9 Å². The number of urea groups is 1. The highest BCUT2D eigenvalue weighted by atomic mass is 79.9. The highest BCUT2D eigenvalue weighted by molar-refractivity contribution is 9.10. The first-order valence-electron chi connectivity index (χ1n) is 9.55. The van der Waals surface area contributed by atoms with E-state index in [9.17, 15) is 14.4 Å². The molecule has 6 nitrogen and oxygen atoms in total. The van der Waals surface area contributed by atoms with E-state index >= 15 is 0 Å².